The van der Waals surface area contributed by atoms with Gasteiger partial charge in [0.2, 0.25) is 5.91 Å². The number of piperidine rings is 1. The molecule has 33 heavy (non-hydrogen) atoms. The molecule has 1 saturated carbocycles. The minimum absolute atomic E-state index is 0.0363. The molecule has 182 valence electrons. The summed E-state index contributed by atoms with van der Waals surface area (Å²) < 4.78 is 80.2. The fourth-order valence-electron chi connectivity index (χ4n) is 5.20. The van der Waals surface area contributed by atoms with Crippen molar-refractivity contribution in [2.45, 2.75) is 63.3 Å². The number of nitrogens with zero attached hydrogens (tertiary/aromatic N) is 2. The van der Waals surface area contributed by atoms with Gasteiger partial charge in [-0.25, -0.2) is 4.79 Å². The molecule has 1 aliphatic carbocycles. The average molecular weight is 477 g/mol. The number of fused-ring (bicyclic) bond motifs is 1. The number of aromatic nitrogens is 2. The van der Waals surface area contributed by atoms with Gasteiger partial charge in [0.05, 0.1) is 22.5 Å². The summed E-state index contributed by atoms with van der Waals surface area (Å²) in [7, 11) is 0. The number of likely N-dealkylation sites (tertiary alicyclic amines) is 1. The van der Waals surface area contributed by atoms with Gasteiger partial charge in [-0.2, -0.15) is 26.3 Å². The second-order valence-electron chi connectivity index (χ2n) is 9.08. The minimum Gasteiger partial charge on any atom is -0.343 e. The highest BCUT2D eigenvalue weighted by molar-refractivity contribution is 5.80. The van der Waals surface area contributed by atoms with E-state index in [0.29, 0.717) is 25.7 Å². The molecular formula is C22H25F6N3O2. The number of nitrogens with one attached hydrogen (secondary N) is 1. The smallest absolute Gasteiger partial charge is 0.343 e. The van der Waals surface area contributed by atoms with Gasteiger partial charge in [-0.05, 0) is 56.6 Å². The Morgan fingerprint density at radius 1 is 0.970 bits per heavy atom. The normalized spacial score (nSPS) is 23.3. The first kappa shape index (κ1) is 23.7. The summed E-state index contributed by atoms with van der Waals surface area (Å²) in [5.74, 6) is -1.53. The lowest BCUT2D eigenvalue weighted by Gasteiger charge is -2.35. The van der Waals surface area contributed by atoms with Gasteiger partial charge in [-0.15, -0.1) is 0 Å². The van der Waals surface area contributed by atoms with Crippen molar-refractivity contribution < 1.29 is 31.1 Å². The second-order valence-corrected chi connectivity index (χ2v) is 9.08. The van der Waals surface area contributed by atoms with Gasteiger partial charge < -0.3 is 9.88 Å². The number of alkyl halides is 6. The molecule has 0 bridgehead atoms. The number of imidazole rings is 1. The van der Waals surface area contributed by atoms with E-state index in [9.17, 15) is 35.9 Å². The van der Waals surface area contributed by atoms with Crippen molar-refractivity contribution >= 4 is 16.9 Å². The van der Waals surface area contributed by atoms with Crippen molar-refractivity contribution in [3.63, 3.8) is 0 Å². The first-order valence-electron chi connectivity index (χ1n) is 11.1. The standard InChI is InChI=1S/C22H25F6N3O2/c23-21(24,25)14-6-4-13(5-7-14)12-18(32)30-10-8-15(9-11-30)31-19-16(22(26,27)28)2-1-3-17(19)29-20(31)33/h1-3,13-15H,4-12H2,(H,29,33). The summed E-state index contributed by atoms with van der Waals surface area (Å²) in [4.78, 5) is 29.2. The quantitative estimate of drug-likeness (QED) is 0.613. The lowest BCUT2D eigenvalue weighted by Crippen LogP contribution is -2.41. The zero-order valence-electron chi connectivity index (χ0n) is 17.8. The maximum atomic E-state index is 13.5. The van der Waals surface area contributed by atoms with E-state index in [-0.39, 0.29) is 55.2 Å². The van der Waals surface area contributed by atoms with E-state index in [1.165, 1.54) is 12.1 Å². The predicted molar refractivity (Wildman–Crippen MR) is 109 cm³/mol. The van der Waals surface area contributed by atoms with Crippen molar-refractivity contribution in [1.82, 2.24) is 14.5 Å². The van der Waals surface area contributed by atoms with Crippen molar-refractivity contribution in [3.8, 4) is 0 Å². The highest BCUT2D eigenvalue weighted by Crippen LogP contribution is 2.41. The van der Waals surface area contributed by atoms with Gasteiger partial charge >= 0.3 is 18.0 Å². The lowest BCUT2D eigenvalue weighted by atomic mass is 9.80. The number of para-hydroxylation sites is 1. The summed E-state index contributed by atoms with van der Waals surface area (Å²) in [6.45, 7) is 0.573. The van der Waals surface area contributed by atoms with E-state index >= 15 is 0 Å². The molecule has 2 fully saturated rings. The predicted octanol–water partition coefficient (Wildman–Crippen LogP) is 5.27. The zero-order valence-corrected chi connectivity index (χ0v) is 17.8. The van der Waals surface area contributed by atoms with E-state index in [4.69, 9.17) is 0 Å². The molecule has 0 spiro atoms. The Bertz CT molecular complexity index is 1050. The number of hydrogen-bond donors (Lipinski definition) is 1. The van der Waals surface area contributed by atoms with Crippen LogP contribution in [0.1, 0.15) is 56.6 Å². The summed E-state index contributed by atoms with van der Waals surface area (Å²) in [6.07, 6.45) is -7.18. The molecule has 1 saturated heterocycles. The number of carbonyl (C=O) groups is 1. The number of carbonyl (C=O) groups excluding carboxylic acids is 1. The van der Waals surface area contributed by atoms with E-state index in [2.05, 4.69) is 4.98 Å². The average Bonchev–Trinajstić information content (AvgIpc) is 3.08. The largest absolute Gasteiger partial charge is 0.418 e. The molecule has 11 heteroatoms. The highest BCUT2D eigenvalue weighted by Gasteiger charge is 2.42. The van der Waals surface area contributed by atoms with Gasteiger partial charge in [-0.1, -0.05) is 6.07 Å². The van der Waals surface area contributed by atoms with E-state index in [0.717, 1.165) is 10.6 Å². The van der Waals surface area contributed by atoms with Crippen LogP contribution >= 0.6 is 0 Å². The maximum absolute atomic E-state index is 13.5. The third kappa shape index (κ3) is 4.91. The van der Waals surface area contributed by atoms with Crippen molar-refractivity contribution in [3.05, 3.63) is 34.2 Å². The first-order valence-corrected chi connectivity index (χ1v) is 11.1. The van der Waals surface area contributed by atoms with Crippen LogP contribution in [-0.4, -0.2) is 39.6 Å². The second kappa shape index (κ2) is 8.72. The molecule has 4 rings (SSSR count). The fraction of sp³-hybridized carbons (Fsp3) is 0.636. The number of benzene rings is 1. The SMILES string of the molecule is O=C(CC1CCC(C(F)(F)F)CC1)N1CCC(n2c(=O)[nH]c3cccc(C(F)(F)F)c32)CC1. The molecule has 0 radical (unpaired) electrons. The topological polar surface area (TPSA) is 58.1 Å². The van der Waals surface area contributed by atoms with Crippen LogP contribution in [0, 0.1) is 11.8 Å². The van der Waals surface area contributed by atoms with Gasteiger partial charge in [0.25, 0.3) is 0 Å². The van der Waals surface area contributed by atoms with E-state index < -0.39 is 35.6 Å². The van der Waals surface area contributed by atoms with Crippen LogP contribution in [0.4, 0.5) is 26.3 Å². The Morgan fingerprint density at radius 2 is 1.61 bits per heavy atom. The molecular weight excluding hydrogens is 452 g/mol. The molecule has 1 aliphatic heterocycles. The van der Waals surface area contributed by atoms with E-state index in [1.807, 2.05) is 0 Å². The summed E-state index contributed by atoms with van der Waals surface area (Å²) in [5, 5.41) is 0. The number of aromatic amines is 1. The molecule has 1 aromatic heterocycles. The molecule has 2 aromatic rings. The number of hydrogen-bond acceptors (Lipinski definition) is 2. The lowest BCUT2D eigenvalue weighted by molar-refractivity contribution is -0.184. The summed E-state index contributed by atoms with van der Waals surface area (Å²) >= 11 is 0. The number of rotatable bonds is 3. The van der Waals surface area contributed by atoms with E-state index in [1.54, 1.807) is 4.90 Å². The van der Waals surface area contributed by atoms with Crippen LogP contribution in [0.15, 0.2) is 23.0 Å². The first-order chi connectivity index (χ1) is 15.4. The molecule has 0 unspecified atom stereocenters. The number of halogens is 6. The van der Waals surface area contributed by atoms with Crippen molar-refractivity contribution in [2.75, 3.05) is 13.1 Å². The van der Waals surface area contributed by atoms with Gasteiger partial charge in [0, 0.05) is 25.6 Å². The number of amides is 1. The van der Waals surface area contributed by atoms with Crippen LogP contribution in [0.3, 0.4) is 0 Å². The Hall–Kier alpha value is -2.46. The van der Waals surface area contributed by atoms with Gasteiger partial charge in [0.1, 0.15) is 0 Å². The van der Waals surface area contributed by atoms with Crippen molar-refractivity contribution in [2.24, 2.45) is 11.8 Å². The maximum Gasteiger partial charge on any atom is 0.418 e. The zero-order chi connectivity index (χ0) is 24.0. The molecule has 2 aliphatic rings. The molecule has 1 amide bonds. The van der Waals surface area contributed by atoms with Gasteiger partial charge in [0.15, 0.2) is 0 Å². The summed E-state index contributed by atoms with van der Waals surface area (Å²) in [5.41, 5.74) is -1.57. The van der Waals surface area contributed by atoms with Crippen molar-refractivity contribution in [1.29, 1.82) is 0 Å². The van der Waals surface area contributed by atoms with Gasteiger partial charge in [-0.3, -0.25) is 9.36 Å². The number of H-pyrrole nitrogens is 1. The highest BCUT2D eigenvalue weighted by atomic mass is 19.4. The van der Waals surface area contributed by atoms with Crippen LogP contribution < -0.4 is 5.69 Å². The molecule has 0 atom stereocenters. The molecule has 2 heterocycles. The van der Waals surface area contributed by atoms with Crippen LogP contribution in [0.5, 0.6) is 0 Å². The minimum atomic E-state index is -4.61. The Kier molecular flexibility index (Phi) is 6.26. The molecule has 1 aromatic carbocycles. The third-order valence-corrected chi connectivity index (χ3v) is 7.00. The van der Waals surface area contributed by atoms with Crippen LogP contribution in [0.2, 0.25) is 0 Å². The Balaban J connectivity index is 1.40. The van der Waals surface area contributed by atoms with Crippen LogP contribution in [-0.2, 0) is 11.0 Å². The Morgan fingerprint density at radius 3 is 2.18 bits per heavy atom. The monoisotopic (exact) mass is 477 g/mol. The van der Waals surface area contributed by atoms with Crippen LogP contribution in [0.25, 0.3) is 11.0 Å². The summed E-state index contributed by atoms with van der Waals surface area (Å²) in [6, 6.07) is 3.13. The Labute approximate surface area is 185 Å². The third-order valence-electron chi connectivity index (χ3n) is 7.00. The molecule has 5 nitrogen and oxygen atoms in total. The molecule has 1 N–H and O–H groups in total. The fourth-order valence-corrected chi connectivity index (χ4v) is 5.20.